The fourth-order valence-corrected chi connectivity index (χ4v) is 5.55. The molecule has 1 heterocycles. The van der Waals surface area contributed by atoms with Gasteiger partial charge in [0, 0.05) is 48.7 Å². The standard InChI is InChI=1S/C36H37ClN6O3/c1-46-36(45)28-11-4-26(5-12-28)23-42(21-19-38)35(44)29-13-16-32-31(22-29)41-33(17-8-24-2-9-27(10-3-24)34(39)40)43(32)20-18-25-6-14-30(37)15-7-25/h2-7,9-16,22H,8,17-21,23,38H2,1H3,(H3,39,40). The summed E-state index contributed by atoms with van der Waals surface area (Å²) in [6.07, 6.45) is 2.24. The zero-order valence-corrected chi connectivity index (χ0v) is 26.5. The highest BCUT2D eigenvalue weighted by Gasteiger charge is 2.19. The number of rotatable bonds is 13. The number of fused-ring (bicyclic) bond motifs is 1. The number of esters is 1. The molecular formula is C36H37ClN6O3. The zero-order valence-electron chi connectivity index (χ0n) is 25.7. The minimum absolute atomic E-state index is 0.0439. The number of hydrogen-bond donors (Lipinski definition) is 3. The molecule has 0 saturated heterocycles. The number of nitrogens with one attached hydrogen (secondary N) is 1. The third kappa shape index (κ3) is 7.80. The number of halogens is 1. The van der Waals surface area contributed by atoms with E-state index in [9.17, 15) is 9.59 Å². The molecule has 0 saturated carbocycles. The first-order chi connectivity index (χ1) is 22.2. The van der Waals surface area contributed by atoms with Gasteiger partial charge in [-0.3, -0.25) is 10.2 Å². The number of imidazole rings is 1. The molecule has 46 heavy (non-hydrogen) atoms. The lowest BCUT2D eigenvalue weighted by molar-refractivity contribution is 0.0600. The van der Waals surface area contributed by atoms with E-state index in [-0.39, 0.29) is 11.7 Å². The lowest BCUT2D eigenvalue weighted by Crippen LogP contribution is -2.34. The number of methoxy groups -OCH3 is 1. The molecule has 0 unspecified atom stereocenters. The summed E-state index contributed by atoms with van der Waals surface area (Å²) in [6, 6.07) is 28.2. The maximum Gasteiger partial charge on any atom is 0.337 e. The number of aryl methyl sites for hydroxylation is 4. The zero-order chi connectivity index (χ0) is 32.6. The van der Waals surface area contributed by atoms with Crippen LogP contribution in [-0.2, 0) is 37.1 Å². The Balaban J connectivity index is 1.40. The van der Waals surface area contributed by atoms with Gasteiger partial charge in [0.25, 0.3) is 5.91 Å². The van der Waals surface area contributed by atoms with Gasteiger partial charge >= 0.3 is 5.97 Å². The van der Waals surface area contributed by atoms with E-state index < -0.39 is 5.97 Å². The number of nitrogen functional groups attached to an aromatic ring is 1. The number of amidine groups is 1. The van der Waals surface area contributed by atoms with E-state index in [0.29, 0.717) is 54.3 Å². The molecule has 0 spiro atoms. The first-order valence-electron chi connectivity index (χ1n) is 15.1. The molecule has 9 nitrogen and oxygen atoms in total. The van der Waals surface area contributed by atoms with Gasteiger partial charge in [0.1, 0.15) is 11.7 Å². The van der Waals surface area contributed by atoms with Crippen molar-refractivity contribution in [1.29, 1.82) is 5.41 Å². The van der Waals surface area contributed by atoms with Crippen molar-refractivity contribution in [3.05, 3.63) is 135 Å². The fourth-order valence-electron chi connectivity index (χ4n) is 5.43. The second kappa shape index (κ2) is 14.9. The van der Waals surface area contributed by atoms with Crippen LogP contribution in [0.25, 0.3) is 11.0 Å². The van der Waals surface area contributed by atoms with Crippen LogP contribution >= 0.6 is 11.6 Å². The molecule has 1 amide bonds. The van der Waals surface area contributed by atoms with E-state index in [0.717, 1.165) is 40.8 Å². The summed E-state index contributed by atoms with van der Waals surface area (Å²) in [6.45, 7) is 1.74. The molecule has 0 fully saturated rings. The Bertz CT molecular complexity index is 1830. The van der Waals surface area contributed by atoms with Crippen molar-refractivity contribution in [2.45, 2.75) is 32.4 Å². The van der Waals surface area contributed by atoms with Gasteiger partial charge in [-0.05, 0) is 72.0 Å². The van der Waals surface area contributed by atoms with Crippen molar-refractivity contribution < 1.29 is 14.3 Å². The Kier molecular flexibility index (Phi) is 10.5. The van der Waals surface area contributed by atoms with Gasteiger partial charge in [0.05, 0.1) is 23.7 Å². The monoisotopic (exact) mass is 636 g/mol. The van der Waals surface area contributed by atoms with Crippen molar-refractivity contribution in [2.24, 2.45) is 11.5 Å². The lowest BCUT2D eigenvalue weighted by atomic mass is 10.1. The highest BCUT2D eigenvalue weighted by Crippen LogP contribution is 2.23. The number of carbonyl (C=O) groups is 2. The van der Waals surface area contributed by atoms with Gasteiger partial charge in [-0.1, -0.05) is 60.1 Å². The van der Waals surface area contributed by atoms with Gasteiger partial charge < -0.3 is 25.7 Å². The summed E-state index contributed by atoms with van der Waals surface area (Å²) in [5.74, 6) is 0.413. The Labute approximate surface area is 273 Å². The maximum atomic E-state index is 13.7. The number of hydrogen-bond acceptors (Lipinski definition) is 6. The van der Waals surface area contributed by atoms with E-state index in [1.807, 2.05) is 78.9 Å². The number of carbonyl (C=O) groups excluding carboxylic acids is 2. The first-order valence-corrected chi connectivity index (χ1v) is 15.5. The van der Waals surface area contributed by atoms with Crippen molar-refractivity contribution >= 4 is 40.3 Å². The lowest BCUT2D eigenvalue weighted by Gasteiger charge is -2.22. The van der Waals surface area contributed by atoms with Crippen LogP contribution in [0.3, 0.4) is 0 Å². The molecule has 236 valence electrons. The maximum absolute atomic E-state index is 13.7. The molecule has 10 heteroatoms. The molecular weight excluding hydrogens is 600 g/mol. The Morgan fingerprint density at radius 1 is 0.848 bits per heavy atom. The summed E-state index contributed by atoms with van der Waals surface area (Å²) in [5, 5.41) is 8.35. The van der Waals surface area contributed by atoms with Crippen LogP contribution in [-0.4, -0.2) is 52.4 Å². The highest BCUT2D eigenvalue weighted by molar-refractivity contribution is 6.30. The van der Waals surface area contributed by atoms with Gasteiger partial charge in [-0.2, -0.15) is 0 Å². The topological polar surface area (TPSA) is 140 Å². The molecule has 0 bridgehead atoms. The third-order valence-electron chi connectivity index (χ3n) is 7.95. The molecule has 5 aromatic rings. The summed E-state index contributed by atoms with van der Waals surface area (Å²) in [5.41, 5.74) is 18.1. The Morgan fingerprint density at radius 2 is 1.46 bits per heavy atom. The van der Waals surface area contributed by atoms with E-state index in [1.165, 1.54) is 12.7 Å². The summed E-state index contributed by atoms with van der Waals surface area (Å²) < 4.78 is 7.01. The van der Waals surface area contributed by atoms with Crippen molar-refractivity contribution in [3.8, 4) is 0 Å². The predicted molar refractivity (Wildman–Crippen MR) is 181 cm³/mol. The summed E-state index contributed by atoms with van der Waals surface area (Å²) >= 11 is 6.10. The second-order valence-corrected chi connectivity index (χ2v) is 11.5. The molecule has 0 aliphatic heterocycles. The Hall–Kier alpha value is -4.99. The van der Waals surface area contributed by atoms with Crippen molar-refractivity contribution in [1.82, 2.24) is 14.5 Å². The minimum Gasteiger partial charge on any atom is -0.465 e. The third-order valence-corrected chi connectivity index (χ3v) is 8.20. The fraction of sp³-hybridized carbons (Fsp3) is 0.222. The molecule has 0 atom stereocenters. The van der Waals surface area contributed by atoms with Crippen LogP contribution in [0.5, 0.6) is 0 Å². The molecule has 5 N–H and O–H groups in total. The number of ether oxygens (including phenoxy) is 1. The van der Waals surface area contributed by atoms with Crippen LogP contribution in [0.4, 0.5) is 0 Å². The van der Waals surface area contributed by atoms with Crippen LogP contribution in [0.15, 0.2) is 91.0 Å². The van der Waals surface area contributed by atoms with E-state index in [1.54, 1.807) is 17.0 Å². The number of nitrogens with zero attached hydrogens (tertiary/aromatic N) is 3. The number of nitrogens with two attached hydrogens (primary N) is 2. The van der Waals surface area contributed by atoms with Crippen molar-refractivity contribution in [2.75, 3.05) is 20.2 Å². The predicted octanol–water partition coefficient (Wildman–Crippen LogP) is 5.39. The van der Waals surface area contributed by atoms with E-state index in [2.05, 4.69) is 4.57 Å². The second-order valence-electron chi connectivity index (χ2n) is 11.1. The number of benzene rings is 4. The van der Waals surface area contributed by atoms with E-state index in [4.69, 9.17) is 38.2 Å². The van der Waals surface area contributed by atoms with Crippen LogP contribution < -0.4 is 11.5 Å². The quantitative estimate of drug-likeness (QED) is 0.0899. The van der Waals surface area contributed by atoms with Crippen molar-refractivity contribution in [3.63, 3.8) is 0 Å². The molecule has 4 aromatic carbocycles. The SMILES string of the molecule is COC(=O)c1ccc(CN(CCN)C(=O)c2ccc3c(c2)nc(CCc2ccc(C(=N)N)cc2)n3CCc2ccc(Cl)cc2)cc1. The molecule has 0 radical (unpaired) electrons. The van der Waals surface area contributed by atoms with Crippen LogP contribution in [0, 0.1) is 5.41 Å². The van der Waals surface area contributed by atoms with Crippen LogP contribution in [0.1, 0.15) is 48.8 Å². The van der Waals surface area contributed by atoms with Gasteiger partial charge in [0.2, 0.25) is 0 Å². The van der Waals surface area contributed by atoms with Gasteiger partial charge in [0.15, 0.2) is 0 Å². The Morgan fingerprint density at radius 3 is 2.11 bits per heavy atom. The molecule has 0 aliphatic carbocycles. The average molecular weight is 637 g/mol. The van der Waals surface area contributed by atoms with Gasteiger partial charge in [-0.15, -0.1) is 0 Å². The summed E-state index contributed by atoms with van der Waals surface area (Å²) in [7, 11) is 1.34. The largest absolute Gasteiger partial charge is 0.465 e. The summed E-state index contributed by atoms with van der Waals surface area (Å²) in [4.78, 5) is 32.3. The number of amides is 1. The number of aromatic nitrogens is 2. The normalized spacial score (nSPS) is 11.0. The van der Waals surface area contributed by atoms with Gasteiger partial charge in [-0.25, -0.2) is 9.78 Å². The first kappa shape index (κ1) is 32.4. The minimum atomic E-state index is -0.410. The highest BCUT2D eigenvalue weighted by atomic mass is 35.5. The average Bonchev–Trinajstić information content (AvgIpc) is 3.43. The smallest absolute Gasteiger partial charge is 0.337 e. The molecule has 5 rings (SSSR count). The van der Waals surface area contributed by atoms with E-state index >= 15 is 0 Å². The van der Waals surface area contributed by atoms with Crippen LogP contribution in [0.2, 0.25) is 5.02 Å². The molecule has 0 aliphatic rings. The molecule has 1 aromatic heterocycles.